The van der Waals surface area contributed by atoms with Gasteiger partial charge in [-0.2, -0.15) is 0 Å². The van der Waals surface area contributed by atoms with Crippen LogP contribution >= 0.6 is 0 Å². The molecule has 2 unspecified atom stereocenters. The molecule has 112 valence electrons. The first-order valence-electron chi connectivity index (χ1n) is 6.58. The molecule has 4 N–H and O–H groups in total. The molecule has 0 bridgehead atoms. The van der Waals surface area contributed by atoms with E-state index in [9.17, 15) is 8.42 Å². The number of aromatic nitrogens is 1. The number of anilines is 1. The third-order valence-electron chi connectivity index (χ3n) is 3.71. The molecular weight excluding hydrogens is 278 g/mol. The molecule has 0 radical (unpaired) electrons. The number of nitrogens with two attached hydrogens (primary N) is 1. The molecule has 2 heterocycles. The zero-order valence-electron chi connectivity index (χ0n) is 11.7. The van der Waals surface area contributed by atoms with E-state index >= 15 is 0 Å². The summed E-state index contributed by atoms with van der Waals surface area (Å²) in [6, 6.07) is 3.50. The number of piperidine rings is 1. The van der Waals surface area contributed by atoms with E-state index in [4.69, 9.17) is 5.84 Å². The topological polar surface area (TPSA) is 100 Å². The Morgan fingerprint density at radius 2 is 2.25 bits per heavy atom. The fourth-order valence-electron chi connectivity index (χ4n) is 2.39. The number of hydrogen-bond acceptors (Lipinski definition) is 6. The molecule has 1 aromatic rings. The van der Waals surface area contributed by atoms with Crippen molar-refractivity contribution in [3.63, 3.8) is 0 Å². The molecule has 20 heavy (non-hydrogen) atoms. The highest BCUT2D eigenvalue weighted by atomic mass is 32.2. The fraction of sp³-hybridized carbons (Fsp3) is 0.583. The molecule has 8 heteroatoms. The maximum absolute atomic E-state index is 12.4. The monoisotopic (exact) mass is 299 g/mol. The van der Waals surface area contributed by atoms with Crippen molar-refractivity contribution in [3.8, 4) is 0 Å². The summed E-state index contributed by atoms with van der Waals surface area (Å²) < 4.78 is 27.5. The number of likely N-dealkylation sites (tertiary alicyclic amines) is 1. The number of nitrogens with one attached hydrogen (secondary N) is 2. The van der Waals surface area contributed by atoms with E-state index in [0.717, 1.165) is 19.4 Å². The summed E-state index contributed by atoms with van der Waals surface area (Å²) in [5, 5.41) is -0.0610. The zero-order chi connectivity index (χ0) is 14.8. The molecule has 0 aromatic carbocycles. The van der Waals surface area contributed by atoms with Gasteiger partial charge < -0.3 is 10.3 Å². The molecule has 1 aliphatic rings. The van der Waals surface area contributed by atoms with E-state index in [0.29, 0.717) is 11.7 Å². The lowest BCUT2D eigenvalue weighted by atomic mass is 10.0. The van der Waals surface area contributed by atoms with Crippen LogP contribution in [-0.4, -0.2) is 44.0 Å². The van der Waals surface area contributed by atoms with Gasteiger partial charge in [0.15, 0.2) is 5.03 Å². The van der Waals surface area contributed by atoms with Crippen molar-refractivity contribution in [2.24, 2.45) is 5.84 Å². The second kappa shape index (κ2) is 6.04. The normalized spacial score (nSPS) is 24.6. The van der Waals surface area contributed by atoms with Crippen molar-refractivity contribution in [2.75, 3.05) is 19.0 Å². The van der Waals surface area contributed by atoms with E-state index in [2.05, 4.69) is 27.0 Å². The highest BCUT2D eigenvalue weighted by Crippen LogP contribution is 2.20. The highest BCUT2D eigenvalue weighted by Gasteiger charge is 2.28. The number of hydrazine groups is 1. The van der Waals surface area contributed by atoms with Crippen LogP contribution in [0.5, 0.6) is 0 Å². The molecule has 0 saturated carbocycles. The van der Waals surface area contributed by atoms with Gasteiger partial charge >= 0.3 is 0 Å². The molecule has 0 amide bonds. The van der Waals surface area contributed by atoms with Crippen molar-refractivity contribution in [1.29, 1.82) is 0 Å². The molecule has 7 nitrogen and oxygen atoms in total. The summed E-state index contributed by atoms with van der Waals surface area (Å²) >= 11 is 0. The molecule has 2 atom stereocenters. The Kier molecular flexibility index (Phi) is 4.59. The van der Waals surface area contributed by atoms with Crippen LogP contribution in [0.4, 0.5) is 5.69 Å². The molecule has 1 fully saturated rings. The average Bonchev–Trinajstić information content (AvgIpc) is 2.42. The highest BCUT2D eigenvalue weighted by molar-refractivity contribution is 7.89. The lowest BCUT2D eigenvalue weighted by molar-refractivity contribution is 0.178. The van der Waals surface area contributed by atoms with Gasteiger partial charge in [-0.15, -0.1) is 0 Å². The molecular formula is C12H21N5O2S. The summed E-state index contributed by atoms with van der Waals surface area (Å²) in [6.45, 7) is 2.96. The van der Waals surface area contributed by atoms with Crippen LogP contribution in [0, 0.1) is 0 Å². The van der Waals surface area contributed by atoms with Gasteiger partial charge in [0.25, 0.3) is 10.0 Å². The molecule has 1 aromatic heterocycles. The van der Waals surface area contributed by atoms with E-state index in [-0.39, 0.29) is 11.1 Å². The number of pyridine rings is 1. The smallest absolute Gasteiger partial charge is 0.260 e. The van der Waals surface area contributed by atoms with Crippen molar-refractivity contribution >= 4 is 15.7 Å². The van der Waals surface area contributed by atoms with Crippen molar-refractivity contribution in [2.45, 2.75) is 36.9 Å². The largest absolute Gasteiger partial charge is 0.321 e. The van der Waals surface area contributed by atoms with Crippen LogP contribution < -0.4 is 16.0 Å². The second-order valence-electron chi connectivity index (χ2n) is 5.17. The molecule has 0 spiro atoms. The first-order valence-corrected chi connectivity index (χ1v) is 8.06. The van der Waals surface area contributed by atoms with Gasteiger partial charge in [0, 0.05) is 18.3 Å². The van der Waals surface area contributed by atoms with Gasteiger partial charge in [-0.1, -0.05) is 0 Å². The first kappa shape index (κ1) is 15.2. The number of sulfonamides is 1. The summed E-state index contributed by atoms with van der Waals surface area (Å²) in [5.41, 5.74) is 2.66. The van der Waals surface area contributed by atoms with Gasteiger partial charge in [-0.25, -0.2) is 18.1 Å². The van der Waals surface area contributed by atoms with Crippen LogP contribution in [0.2, 0.25) is 0 Å². The van der Waals surface area contributed by atoms with E-state index in [1.165, 1.54) is 6.20 Å². The first-order chi connectivity index (χ1) is 9.44. The quantitative estimate of drug-likeness (QED) is 0.540. The maximum atomic E-state index is 12.4. The lowest BCUT2D eigenvalue weighted by Crippen LogP contribution is -2.47. The predicted molar refractivity (Wildman–Crippen MR) is 77.5 cm³/mol. The Balaban J connectivity index is 2.15. The third kappa shape index (κ3) is 3.26. The molecule has 2 rings (SSSR count). The minimum absolute atomic E-state index is 0.0610. The minimum atomic E-state index is -3.67. The second-order valence-corrected chi connectivity index (χ2v) is 6.80. The van der Waals surface area contributed by atoms with Gasteiger partial charge in [0.05, 0.1) is 5.69 Å². The Hall–Kier alpha value is -1.22. The maximum Gasteiger partial charge on any atom is 0.260 e. The fourth-order valence-corrected chi connectivity index (χ4v) is 3.77. The van der Waals surface area contributed by atoms with Crippen molar-refractivity contribution < 1.29 is 8.42 Å². The Morgan fingerprint density at radius 1 is 1.50 bits per heavy atom. The van der Waals surface area contributed by atoms with Crippen LogP contribution in [0.1, 0.15) is 19.8 Å². The third-order valence-corrected chi connectivity index (χ3v) is 5.19. The van der Waals surface area contributed by atoms with E-state index < -0.39 is 10.0 Å². The number of hydrogen-bond donors (Lipinski definition) is 3. The standard InChI is InChI=1S/C12H21N5O2S/c1-9-8-10(5-7-17(9)2)16-20(18,19)12-11(15-13)4-3-6-14-12/h3-4,6,9-10,15-16H,5,7-8,13H2,1-2H3. The molecule has 0 aliphatic carbocycles. The summed E-state index contributed by atoms with van der Waals surface area (Å²) in [6.07, 6.45) is 3.01. The summed E-state index contributed by atoms with van der Waals surface area (Å²) in [7, 11) is -1.62. The van der Waals surface area contributed by atoms with E-state index in [1.807, 2.05) is 7.05 Å². The summed E-state index contributed by atoms with van der Waals surface area (Å²) in [5.74, 6) is 5.33. The average molecular weight is 299 g/mol. The van der Waals surface area contributed by atoms with Crippen LogP contribution in [-0.2, 0) is 10.0 Å². The zero-order valence-corrected chi connectivity index (χ0v) is 12.5. The molecule has 1 aliphatic heterocycles. The van der Waals surface area contributed by atoms with Gasteiger partial charge in [0.1, 0.15) is 0 Å². The van der Waals surface area contributed by atoms with Gasteiger partial charge in [0.2, 0.25) is 0 Å². The van der Waals surface area contributed by atoms with Crippen molar-refractivity contribution in [1.82, 2.24) is 14.6 Å². The minimum Gasteiger partial charge on any atom is -0.321 e. The number of rotatable bonds is 4. The van der Waals surface area contributed by atoms with E-state index in [1.54, 1.807) is 12.1 Å². The molecule has 1 saturated heterocycles. The summed E-state index contributed by atoms with van der Waals surface area (Å²) in [4.78, 5) is 6.14. The Bertz CT molecular complexity index is 563. The van der Waals surface area contributed by atoms with Gasteiger partial charge in [-0.05, 0) is 45.5 Å². The van der Waals surface area contributed by atoms with Crippen LogP contribution in [0.25, 0.3) is 0 Å². The SMILES string of the molecule is CC1CC(NS(=O)(=O)c2ncccc2NN)CCN1C. The lowest BCUT2D eigenvalue weighted by Gasteiger charge is -2.35. The Labute approximate surface area is 119 Å². The number of nitrogen functional groups attached to an aromatic ring is 1. The Morgan fingerprint density at radius 3 is 2.90 bits per heavy atom. The predicted octanol–water partition coefficient (Wildman–Crippen LogP) is 0.128. The van der Waals surface area contributed by atoms with Crippen molar-refractivity contribution in [3.05, 3.63) is 18.3 Å². The van der Waals surface area contributed by atoms with Gasteiger partial charge in [-0.3, -0.25) is 5.84 Å². The van der Waals surface area contributed by atoms with Crippen LogP contribution in [0.15, 0.2) is 23.4 Å². The number of nitrogens with zero attached hydrogens (tertiary/aromatic N) is 2. The van der Waals surface area contributed by atoms with Crippen LogP contribution in [0.3, 0.4) is 0 Å².